The zero-order valence-electron chi connectivity index (χ0n) is 12.6. The van der Waals surface area contributed by atoms with Crippen LogP contribution in [0.25, 0.3) is 5.82 Å². The Morgan fingerprint density at radius 1 is 1.27 bits per heavy atom. The Morgan fingerprint density at radius 2 is 2.00 bits per heavy atom. The number of hydrogen-bond acceptors (Lipinski definition) is 5. The molecular weight excluding hydrogens is 282 g/mol. The monoisotopic (exact) mass is 301 g/mol. The summed E-state index contributed by atoms with van der Waals surface area (Å²) in [4.78, 5) is 17.5. The number of aromatic nitrogens is 4. The lowest BCUT2D eigenvalue weighted by atomic mass is 9.98. The summed E-state index contributed by atoms with van der Waals surface area (Å²) in [6, 6.07) is 3.77. The number of nitrogens with zero attached hydrogens (tertiary/aromatic N) is 5. The second-order valence-electron chi connectivity index (χ2n) is 5.48. The van der Waals surface area contributed by atoms with Crippen molar-refractivity contribution in [2.24, 2.45) is 5.92 Å². The molecule has 0 atom stereocenters. The van der Waals surface area contributed by atoms with E-state index < -0.39 is 0 Å². The summed E-state index contributed by atoms with van der Waals surface area (Å²) >= 11 is 0. The number of likely N-dealkylation sites (tertiary alicyclic amines) is 1. The molecule has 1 amide bonds. The molecule has 0 aliphatic carbocycles. The van der Waals surface area contributed by atoms with Crippen molar-refractivity contribution in [3.8, 4) is 11.6 Å². The van der Waals surface area contributed by atoms with Gasteiger partial charge in [-0.1, -0.05) is 0 Å². The van der Waals surface area contributed by atoms with Crippen LogP contribution in [0.15, 0.2) is 31.0 Å². The number of pyridine rings is 1. The van der Waals surface area contributed by atoms with E-state index in [0.29, 0.717) is 12.5 Å². The van der Waals surface area contributed by atoms with Gasteiger partial charge < -0.3 is 9.64 Å². The number of hydrogen-bond donors (Lipinski definition) is 0. The molecule has 1 aliphatic rings. The van der Waals surface area contributed by atoms with Crippen molar-refractivity contribution in [1.29, 1.82) is 0 Å². The van der Waals surface area contributed by atoms with Gasteiger partial charge in [0, 0.05) is 20.0 Å². The first-order chi connectivity index (χ1) is 10.7. The van der Waals surface area contributed by atoms with Gasteiger partial charge in [-0.3, -0.25) is 9.36 Å². The van der Waals surface area contributed by atoms with Gasteiger partial charge in [-0.15, -0.1) is 10.2 Å². The molecular formula is C15H19N5O2. The number of piperidine rings is 1. The minimum atomic E-state index is 0.160. The Kier molecular flexibility index (Phi) is 4.32. The molecule has 2 aromatic heterocycles. The fraction of sp³-hybridized carbons (Fsp3) is 0.467. The van der Waals surface area contributed by atoms with E-state index in [2.05, 4.69) is 15.2 Å². The van der Waals surface area contributed by atoms with Crippen molar-refractivity contribution in [3.05, 3.63) is 31.0 Å². The summed E-state index contributed by atoms with van der Waals surface area (Å²) in [5.41, 5.74) is 0. The minimum absolute atomic E-state index is 0.160. The molecule has 2 aromatic rings. The van der Waals surface area contributed by atoms with Crippen molar-refractivity contribution in [2.75, 3.05) is 19.7 Å². The quantitative estimate of drug-likeness (QED) is 0.851. The number of rotatable bonds is 4. The van der Waals surface area contributed by atoms with Crippen LogP contribution in [0.2, 0.25) is 0 Å². The third-order valence-electron chi connectivity index (χ3n) is 3.95. The van der Waals surface area contributed by atoms with Crippen LogP contribution in [0, 0.1) is 5.92 Å². The fourth-order valence-electron chi connectivity index (χ4n) is 2.56. The van der Waals surface area contributed by atoms with Crippen LogP contribution in [0.1, 0.15) is 19.8 Å². The maximum absolute atomic E-state index is 11.3. The Hall–Kier alpha value is -2.44. The Bertz CT molecular complexity index is 603. The largest absolute Gasteiger partial charge is 0.492 e. The predicted molar refractivity (Wildman–Crippen MR) is 79.6 cm³/mol. The van der Waals surface area contributed by atoms with Crippen molar-refractivity contribution in [3.63, 3.8) is 0 Å². The Balaban J connectivity index is 1.49. The molecule has 3 rings (SSSR count). The Labute approximate surface area is 128 Å². The zero-order valence-corrected chi connectivity index (χ0v) is 12.6. The van der Waals surface area contributed by atoms with Crippen LogP contribution >= 0.6 is 0 Å². The van der Waals surface area contributed by atoms with E-state index in [4.69, 9.17) is 4.74 Å². The van der Waals surface area contributed by atoms with Crippen molar-refractivity contribution in [2.45, 2.75) is 19.8 Å². The highest BCUT2D eigenvalue weighted by molar-refractivity contribution is 5.73. The van der Waals surface area contributed by atoms with Crippen LogP contribution in [0.3, 0.4) is 0 Å². The van der Waals surface area contributed by atoms with Gasteiger partial charge >= 0.3 is 0 Å². The lowest BCUT2D eigenvalue weighted by Crippen LogP contribution is -2.38. The standard InChI is InChI=1S/C15H19N5O2/c1-12(21)19-6-4-13(5-7-19)9-22-14-2-3-15(16-8-14)20-10-17-18-11-20/h2-3,8,10-11,13H,4-7,9H2,1H3. The van der Waals surface area contributed by atoms with Crippen LogP contribution in [-0.4, -0.2) is 50.3 Å². The molecule has 7 nitrogen and oxygen atoms in total. The topological polar surface area (TPSA) is 73.1 Å². The molecule has 0 aromatic carbocycles. The number of carbonyl (C=O) groups excluding carboxylic acids is 1. The van der Waals surface area contributed by atoms with Gasteiger partial charge in [-0.25, -0.2) is 4.98 Å². The molecule has 0 radical (unpaired) electrons. The first-order valence-electron chi connectivity index (χ1n) is 7.42. The summed E-state index contributed by atoms with van der Waals surface area (Å²) < 4.78 is 7.54. The van der Waals surface area contributed by atoms with Crippen LogP contribution in [0.4, 0.5) is 0 Å². The highest BCUT2D eigenvalue weighted by atomic mass is 16.5. The smallest absolute Gasteiger partial charge is 0.219 e. The van der Waals surface area contributed by atoms with E-state index in [1.165, 1.54) is 0 Å². The molecule has 0 unspecified atom stereocenters. The zero-order chi connectivity index (χ0) is 15.4. The van der Waals surface area contributed by atoms with E-state index in [9.17, 15) is 4.79 Å². The molecule has 116 valence electrons. The number of ether oxygens (including phenoxy) is 1. The molecule has 1 aliphatic heterocycles. The summed E-state index contributed by atoms with van der Waals surface area (Å²) in [6.45, 7) is 3.95. The number of carbonyl (C=O) groups is 1. The second kappa shape index (κ2) is 6.55. The van der Waals surface area contributed by atoms with E-state index >= 15 is 0 Å². The molecule has 7 heteroatoms. The molecule has 3 heterocycles. The van der Waals surface area contributed by atoms with Gasteiger partial charge in [-0.2, -0.15) is 0 Å². The highest BCUT2D eigenvalue weighted by Crippen LogP contribution is 2.19. The molecule has 0 bridgehead atoms. The van der Waals surface area contributed by atoms with Gasteiger partial charge in [0.25, 0.3) is 0 Å². The summed E-state index contributed by atoms with van der Waals surface area (Å²) in [5, 5.41) is 7.50. The SMILES string of the molecule is CC(=O)N1CCC(COc2ccc(-n3cnnc3)nc2)CC1. The van der Waals surface area contributed by atoms with Crippen LogP contribution in [-0.2, 0) is 4.79 Å². The first kappa shape index (κ1) is 14.5. The molecule has 0 saturated carbocycles. The normalized spacial score (nSPS) is 15.8. The van der Waals surface area contributed by atoms with Gasteiger partial charge in [0.15, 0.2) is 0 Å². The maximum Gasteiger partial charge on any atom is 0.219 e. The first-order valence-corrected chi connectivity index (χ1v) is 7.42. The highest BCUT2D eigenvalue weighted by Gasteiger charge is 2.21. The van der Waals surface area contributed by atoms with Crippen molar-refractivity contribution < 1.29 is 9.53 Å². The summed E-state index contributed by atoms with van der Waals surface area (Å²) in [7, 11) is 0. The predicted octanol–water partition coefficient (Wildman–Crippen LogP) is 1.30. The second-order valence-corrected chi connectivity index (χ2v) is 5.48. The van der Waals surface area contributed by atoms with Crippen molar-refractivity contribution >= 4 is 5.91 Å². The fourth-order valence-corrected chi connectivity index (χ4v) is 2.56. The van der Waals surface area contributed by atoms with Gasteiger partial charge in [0.2, 0.25) is 5.91 Å². The average Bonchev–Trinajstić information content (AvgIpc) is 3.08. The lowest BCUT2D eigenvalue weighted by Gasteiger charge is -2.31. The van der Waals surface area contributed by atoms with Gasteiger partial charge in [0.05, 0.1) is 12.8 Å². The van der Waals surface area contributed by atoms with E-state index in [1.807, 2.05) is 17.0 Å². The summed E-state index contributed by atoms with van der Waals surface area (Å²) in [5.74, 6) is 2.17. The Morgan fingerprint density at radius 3 is 2.59 bits per heavy atom. The third-order valence-corrected chi connectivity index (χ3v) is 3.95. The van der Waals surface area contributed by atoms with E-state index in [-0.39, 0.29) is 5.91 Å². The lowest BCUT2D eigenvalue weighted by molar-refractivity contribution is -0.130. The average molecular weight is 301 g/mol. The molecule has 22 heavy (non-hydrogen) atoms. The van der Waals surface area contributed by atoms with Crippen LogP contribution < -0.4 is 4.74 Å². The third kappa shape index (κ3) is 3.41. The van der Waals surface area contributed by atoms with E-state index in [0.717, 1.165) is 37.5 Å². The molecule has 0 N–H and O–H groups in total. The van der Waals surface area contributed by atoms with E-state index in [1.54, 1.807) is 30.3 Å². The van der Waals surface area contributed by atoms with Gasteiger partial charge in [-0.05, 0) is 30.9 Å². The number of amides is 1. The van der Waals surface area contributed by atoms with Crippen LogP contribution in [0.5, 0.6) is 5.75 Å². The molecule has 0 spiro atoms. The summed E-state index contributed by atoms with van der Waals surface area (Å²) in [6.07, 6.45) is 6.90. The minimum Gasteiger partial charge on any atom is -0.492 e. The van der Waals surface area contributed by atoms with Crippen molar-refractivity contribution in [1.82, 2.24) is 24.6 Å². The molecule has 1 fully saturated rings. The van der Waals surface area contributed by atoms with Gasteiger partial charge in [0.1, 0.15) is 24.2 Å². The molecule has 1 saturated heterocycles. The maximum atomic E-state index is 11.3.